The standard InChI is InChI=1S/C83H162O17P2/c1-6-9-12-15-18-21-23-25-27-29-31-33-35-37-39-44-48-53-58-63-68-82(87)100-79(73-94-81(86)67-62-57-52-47-43-38-36-34-32-30-28-26-24-22-19-16-13-10-7-2)75-98-102(91,92)96-71-77(84)70-95-101(89,90)97-74-78(72-93-80(85)66-61-56-51-20-17-14-11-8-3)99-83(88)69-64-59-54-49-45-41-40-42-46-50-55-60-65-76(4)5/h76-79,84H,6-75H2,1-5H3,(H,89,90)(H,91,92)/t77-,78+,79+/m0/s1. The summed E-state index contributed by atoms with van der Waals surface area (Å²) in [5.41, 5.74) is 0. The van der Waals surface area contributed by atoms with Crippen LogP contribution in [-0.4, -0.2) is 96.7 Å². The highest BCUT2D eigenvalue weighted by Gasteiger charge is 2.30. The minimum atomic E-state index is -4.96. The van der Waals surface area contributed by atoms with Gasteiger partial charge in [0.05, 0.1) is 26.4 Å². The highest BCUT2D eigenvalue weighted by Crippen LogP contribution is 2.45. The predicted molar refractivity (Wildman–Crippen MR) is 418 cm³/mol. The summed E-state index contributed by atoms with van der Waals surface area (Å²) in [6.45, 7) is 7.32. The lowest BCUT2D eigenvalue weighted by Crippen LogP contribution is -2.30. The molecule has 0 amide bonds. The van der Waals surface area contributed by atoms with Crippen molar-refractivity contribution >= 4 is 39.5 Å². The van der Waals surface area contributed by atoms with E-state index >= 15 is 0 Å². The summed E-state index contributed by atoms with van der Waals surface area (Å²) in [5, 5.41) is 10.6. The Balaban J connectivity index is 5.19. The molecule has 0 aliphatic rings. The van der Waals surface area contributed by atoms with Crippen molar-refractivity contribution in [2.45, 2.75) is 464 Å². The molecule has 2 unspecified atom stereocenters. The first-order valence-corrected chi connectivity index (χ1v) is 46.1. The molecule has 0 saturated carbocycles. The highest BCUT2D eigenvalue weighted by atomic mass is 31.2. The number of rotatable bonds is 83. The normalized spacial score (nSPS) is 13.8. The lowest BCUT2D eigenvalue weighted by molar-refractivity contribution is -0.161. The van der Waals surface area contributed by atoms with E-state index in [4.69, 9.17) is 37.0 Å². The van der Waals surface area contributed by atoms with Crippen molar-refractivity contribution in [3.05, 3.63) is 0 Å². The molecular formula is C83H162O17P2. The molecule has 3 N–H and O–H groups in total. The number of carbonyl (C=O) groups is 4. The van der Waals surface area contributed by atoms with Crippen LogP contribution in [-0.2, 0) is 65.4 Å². The first-order valence-electron chi connectivity index (χ1n) is 43.1. The summed E-state index contributed by atoms with van der Waals surface area (Å²) in [6, 6.07) is 0. The smallest absolute Gasteiger partial charge is 0.462 e. The minimum Gasteiger partial charge on any atom is -0.462 e. The van der Waals surface area contributed by atoms with E-state index in [0.717, 1.165) is 102 Å². The summed E-state index contributed by atoms with van der Waals surface area (Å²) >= 11 is 0. The SMILES string of the molecule is CCCCCCCCCCCCCCCCCCCCCCC(=O)O[C@H](COC(=O)CCCCCCCCCCCCCCCCCCCCC)COP(=O)(O)OC[C@@H](O)COP(=O)(O)OC[C@@H](COC(=O)CCCCCCCCCC)OC(=O)CCCCCCCCCCCCCCC(C)C. The van der Waals surface area contributed by atoms with Crippen LogP contribution in [0.1, 0.15) is 446 Å². The maximum absolute atomic E-state index is 13.1. The van der Waals surface area contributed by atoms with Gasteiger partial charge in [-0.15, -0.1) is 0 Å². The van der Waals surface area contributed by atoms with Crippen LogP contribution >= 0.6 is 15.6 Å². The Bertz CT molecular complexity index is 1940. The van der Waals surface area contributed by atoms with Gasteiger partial charge in [-0.2, -0.15) is 0 Å². The van der Waals surface area contributed by atoms with Crippen molar-refractivity contribution in [1.82, 2.24) is 0 Å². The maximum Gasteiger partial charge on any atom is 0.472 e. The third-order valence-electron chi connectivity index (χ3n) is 19.5. The van der Waals surface area contributed by atoms with Gasteiger partial charge in [-0.05, 0) is 31.6 Å². The Kier molecular flexibility index (Phi) is 74.4. The molecular weight excluding hydrogens is 1330 g/mol. The average molecular weight is 1490 g/mol. The fourth-order valence-corrected chi connectivity index (χ4v) is 14.5. The fourth-order valence-electron chi connectivity index (χ4n) is 12.9. The molecule has 0 radical (unpaired) electrons. The molecule has 0 heterocycles. The zero-order chi connectivity index (χ0) is 74.8. The van der Waals surface area contributed by atoms with Crippen LogP contribution in [0.25, 0.3) is 0 Å². The second kappa shape index (κ2) is 75.9. The summed E-state index contributed by atoms with van der Waals surface area (Å²) < 4.78 is 68.7. The quantitative estimate of drug-likeness (QED) is 0.0222. The van der Waals surface area contributed by atoms with Gasteiger partial charge in [0.25, 0.3) is 0 Å². The van der Waals surface area contributed by atoms with Gasteiger partial charge in [0.15, 0.2) is 12.2 Å². The number of phosphoric ester groups is 2. The average Bonchev–Trinajstić information content (AvgIpc) is 0.910. The van der Waals surface area contributed by atoms with Gasteiger partial charge in [-0.1, -0.05) is 394 Å². The van der Waals surface area contributed by atoms with E-state index in [-0.39, 0.29) is 25.7 Å². The molecule has 17 nitrogen and oxygen atoms in total. The Hall–Kier alpha value is -1.94. The predicted octanol–water partition coefficient (Wildman–Crippen LogP) is 25.2. The van der Waals surface area contributed by atoms with Crippen LogP contribution in [0.3, 0.4) is 0 Å². The Labute approximate surface area is 626 Å². The highest BCUT2D eigenvalue weighted by molar-refractivity contribution is 7.47. The second-order valence-corrected chi connectivity index (χ2v) is 33.3. The monoisotopic (exact) mass is 1490 g/mol. The van der Waals surface area contributed by atoms with Gasteiger partial charge >= 0.3 is 39.5 Å². The Morgan fingerprint density at radius 2 is 0.451 bits per heavy atom. The summed E-state index contributed by atoms with van der Waals surface area (Å²) in [5.74, 6) is -1.33. The minimum absolute atomic E-state index is 0.107. The Morgan fingerprint density at radius 1 is 0.265 bits per heavy atom. The first-order chi connectivity index (χ1) is 49.5. The topological polar surface area (TPSA) is 237 Å². The van der Waals surface area contributed by atoms with Crippen molar-refractivity contribution in [2.75, 3.05) is 39.6 Å². The lowest BCUT2D eigenvalue weighted by atomic mass is 10.0. The number of hydrogen-bond donors (Lipinski definition) is 3. The molecule has 19 heteroatoms. The van der Waals surface area contributed by atoms with Gasteiger partial charge in [0.1, 0.15) is 19.3 Å². The molecule has 0 spiro atoms. The van der Waals surface area contributed by atoms with Crippen LogP contribution in [0.4, 0.5) is 0 Å². The number of unbranched alkanes of at least 4 members (excludes halogenated alkanes) is 55. The lowest BCUT2D eigenvalue weighted by Gasteiger charge is -2.21. The first kappa shape index (κ1) is 100. The third-order valence-corrected chi connectivity index (χ3v) is 21.4. The van der Waals surface area contributed by atoms with Crippen molar-refractivity contribution in [3.63, 3.8) is 0 Å². The van der Waals surface area contributed by atoms with E-state index < -0.39 is 97.5 Å². The molecule has 102 heavy (non-hydrogen) atoms. The molecule has 5 atom stereocenters. The maximum atomic E-state index is 13.1. The number of hydrogen-bond acceptors (Lipinski definition) is 15. The molecule has 0 aromatic rings. The molecule has 0 aliphatic carbocycles. The molecule has 606 valence electrons. The van der Waals surface area contributed by atoms with Gasteiger partial charge in [-0.25, -0.2) is 9.13 Å². The van der Waals surface area contributed by atoms with Crippen molar-refractivity contribution in [3.8, 4) is 0 Å². The number of carbonyl (C=O) groups excluding carboxylic acids is 4. The molecule has 0 bridgehead atoms. The van der Waals surface area contributed by atoms with E-state index in [1.165, 1.54) is 263 Å². The van der Waals surface area contributed by atoms with Crippen LogP contribution in [0, 0.1) is 5.92 Å². The van der Waals surface area contributed by atoms with Gasteiger partial charge in [0.2, 0.25) is 0 Å². The van der Waals surface area contributed by atoms with Gasteiger partial charge in [0, 0.05) is 25.7 Å². The fraction of sp³-hybridized carbons (Fsp3) is 0.952. The van der Waals surface area contributed by atoms with Crippen LogP contribution < -0.4 is 0 Å². The molecule has 0 aromatic carbocycles. The number of aliphatic hydroxyl groups is 1. The number of esters is 4. The van der Waals surface area contributed by atoms with Gasteiger partial charge < -0.3 is 33.8 Å². The van der Waals surface area contributed by atoms with Crippen molar-refractivity contribution < 1.29 is 80.2 Å². The number of ether oxygens (including phenoxy) is 4. The zero-order valence-electron chi connectivity index (χ0n) is 66.8. The molecule has 0 aliphatic heterocycles. The van der Waals surface area contributed by atoms with E-state index in [1.54, 1.807) is 0 Å². The van der Waals surface area contributed by atoms with Crippen LogP contribution in [0.2, 0.25) is 0 Å². The molecule has 0 aromatic heterocycles. The summed E-state index contributed by atoms with van der Waals surface area (Å²) in [7, 11) is -9.92. The van der Waals surface area contributed by atoms with E-state index in [2.05, 4.69) is 34.6 Å². The third kappa shape index (κ3) is 76.3. The van der Waals surface area contributed by atoms with Crippen molar-refractivity contribution in [1.29, 1.82) is 0 Å². The van der Waals surface area contributed by atoms with Gasteiger partial charge in [-0.3, -0.25) is 37.3 Å². The molecule has 0 saturated heterocycles. The largest absolute Gasteiger partial charge is 0.472 e. The number of phosphoric acid groups is 2. The Morgan fingerprint density at radius 3 is 0.667 bits per heavy atom. The van der Waals surface area contributed by atoms with Crippen LogP contribution in [0.15, 0.2) is 0 Å². The molecule has 0 rings (SSSR count). The second-order valence-electron chi connectivity index (χ2n) is 30.3. The van der Waals surface area contributed by atoms with E-state index in [1.807, 2.05) is 0 Å². The summed E-state index contributed by atoms with van der Waals surface area (Å²) in [6.07, 6.45) is 68.2. The van der Waals surface area contributed by atoms with E-state index in [9.17, 15) is 43.2 Å². The molecule has 0 fully saturated rings. The van der Waals surface area contributed by atoms with Crippen LogP contribution in [0.5, 0.6) is 0 Å². The van der Waals surface area contributed by atoms with Crippen molar-refractivity contribution in [2.24, 2.45) is 5.92 Å². The zero-order valence-corrected chi connectivity index (χ0v) is 68.5. The van der Waals surface area contributed by atoms with E-state index in [0.29, 0.717) is 25.7 Å². The number of aliphatic hydroxyl groups excluding tert-OH is 1. The summed E-state index contributed by atoms with van der Waals surface area (Å²) in [4.78, 5) is 73.0.